The molecule has 0 aliphatic rings. The first kappa shape index (κ1) is 19.7. The number of fused-ring (bicyclic) bond motifs is 1. The second-order valence-electron chi connectivity index (χ2n) is 6.91. The molecule has 0 amide bonds. The third kappa shape index (κ3) is 3.78. The molecule has 0 spiro atoms. The number of halogens is 4. The highest BCUT2D eigenvalue weighted by molar-refractivity contribution is 6.36. The Balaban J connectivity index is 1.43. The lowest BCUT2D eigenvalue weighted by Crippen LogP contribution is -2.32. The minimum absolute atomic E-state index is 0.0717. The normalized spacial score (nSPS) is 11.4. The van der Waals surface area contributed by atoms with Crippen LogP contribution in [0.15, 0.2) is 65.4 Å². The van der Waals surface area contributed by atoms with Crippen molar-refractivity contribution < 1.29 is 17.9 Å². The Kier molecular flexibility index (Phi) is 4.92. The van der Waals surface area contributed by atoms with Gasteiger partial charge in [0.05, 0.1) is 10.6 Å². The monoisotopic (exact) mass is 457 g/mol. The summed E-state index contributed by atoms with van der Waals surface area (Å²) in [6, 6.07) is 12.7. The molecule has 0 bridgehead atoms. The van der Waals surface area contributed by atoms with Crippen LogP contribution in [-0.4, -0.2) is 15.1 Å². The van der Waals surface area contributed by atoms with E-state index in [-0.39, 0.29) is 11.4 Å². The summed E-state index contributed by atoms with van der Waals surface area (Å²) in [6.45, 7) is 0.400. The summed E-state index contributed by atoms with van der Waals surface area (Å²) in [5.41, 5.74) is 2.69. The molecular formula is C22H13Cl2F2N4O+. The number of aromatic amines is 1. The molecule has 154 valence electrons. The van der Waals surface area contributed by atoms with Crippen LogP contribution in [0.1, 0.15) is 5.76 Å². The number of benzene rings is 2. The lowest BCUT2D eigenvalue weighted by atomic mass is 10.1. The van der Waals surface area contributed by atoms with Crippen molar-refractivity contribution in [2.75, 3.05) is 0 Å². The van der Waals surface area contributed by atoms with Gasteiger partial charge < -0.3 is 9.51 Å². The number of rotatable bonds is 4. The molecule has 0 unspecified atom stereocenters. The van der Waals surface area contributed by atoms with Crippen molar-refractivity contribution in [3.8, 4) is 22.6 Å². The molecule has 5 aromatic rings. The van der Waals surface area contributed by atoms with Gasteiger partial charge in [0.1, 0.15) is 22.6 Å². The highest BCUT2D eigenvalue weighted by atomic mass is 35.5. The van der Waals surface area contributed by atoms with Crippen LogP contribution in [0.4, 0.5) is 8.78 Å². The zero-order valence-corrected chi connectivity index (χ0v) is 17.3. The summed E-state index contributed by atoms with van der Waals surface area (Å²) in [5.74, 6) is -0.996. The van der Waals surface area contributed by atoms with E-state index in [9.17, 15) is 8.78 Å². The largest absolute Gasteiger partial charge is 0.354 e. The summed E-state index contributed by atoms with van der Waals surface area (Å²) in [6.07, 6.45) is 3.62. The second kappa shape index (κ2) is 7.76. The number of nitrogens with one attached hydrogen (secondary N) is 1. The van der Waals surface area contributed by atoms with Gasteiger partial charge in [-0.3, -0.25) is 0 Å². The molecule has 3 aromatic heterocycles. The van der Waals surface area contributed by atoms with Crippen LogP contribution in [0.3, 0.4) is 0 Å². The fraction of sp³-hybridized carbons (Fsp3) is 0.0455. The van der Waals surface area contributed by atoms with E-state index < -0.39 is 11.6 Å². The van der Waals surface area contributed by atoms with Gasteiger partial charge in [0.15, 0.2) is 24.0 Å². The molecule has 0 saturated heterocycles. The average Bonchev–Trinajstić information content (AvgIpc) is 3.37. The molecule has 3 heterocycles. The summed E-state index contributed by atoms with van der Waals surface area (Å²) >= 11 is 12.2. The zero-order valence-electron chi connectivity index (χ0n) is 15.7. The highest BCUT2D eigenvalue weighted by Gasteiger charge is 2.17. The van der Waals surface area contributed by atoms with Crippen LogP contribution in [0.2, 0.25) is 10.0 Å². The number of imidazole rings is 1. The SMILES string of the molecule is Fc1cccc(-c2nc3cc[n+](Cc4cc(-c5ccc(Cl)cc5Cl)no4)cc3[nH]2)c1F. The van der Waals surface area contributed by atoms with Crippen molar-refractivity contribution in [3.63, 3.8) is 0 Å². The van der Waals surface area contributed by atoms with Crippen LogP contribution >= 0.6 is 23.2 Å². The Morgan fingerprint density at radius 3 is 2.74 bits per heavy atom. The first-order valence-electron chi connectivity index (χ1n) is 9.22. The standard InChI is InChI=1S/C22H12Cl2F2N4O/c23-12-4-5-14(16(24)8-12)19-9-13(31-29-19)10-30-7-6-18-20(11-30)28-22(27-18)15-2-1-3-17(25)21(15)26/h1-9,11H,10H2/p+1. The van der Waals surface area contributed by atoms with E-state index in [0.717, 1.165) is 11.6 Å². The summed E-state index contributed by atoms with van der Waals surface area (Å²) in [7, 11) is 0. The van der Waals surface area contributed by atoms with E-state index in [2.05, 4.69) is 15.1 Å². The molecular weight excluding hydrogens is 445 g/mol. The number of hydrogen-bond acceptors (Lipinski definition) is 3. The van der Waals surface area contributed by atoms with Gasteiger partial charge in [0, 0.05) is 22.7 Å². The van der Waals surface area contributed by atoms with Gasteiger partial charge in [0.25, 0.3) is 0 Å². The van der Waals surface area contributed by atoms with E-state index in [1.54, 1.807) is 36.5 Å². The fourth-order valence-electron chi connectivity index (χ4n) is 3.31. The maximum absolute atomic E-state index is 14.1. The van der Waals surface area contributed by atoms with E-state index in [1.165, 1.54) is 12.1 Å². The van der Waals surface area contributed by atoms with E-state index in [0.29, 0.717) is 39.1 Å². The number of nitrogens with zero attached hydrogens (tertiary/aromatic N) is 3. The lowest BCUT2D eigenvalue weighted by molar-refractivity contribution is -0.688. The van der Waals surface area contributed by atoms with Crippen molar-refractivity contribution in [2.45, 2.75) is 6.54 Å². The first-order chi connectivity index (χ1) is 15.0. The van der Waals surface area contributed by atoms with Gasteiger partial charge in [-0.1, -0.05) is 34.4 Å². The summed E-state index contributed by atoms with van der Waals surface area (Å²) in [4.78, 5) is 7.39. The van der Waals surface area contributed by atoms with Crippen LogP contribution in [0.25, 0.3) is 33.7 Å². The molecule has 1 N–H and O–H groups in total. The van der Waals surface area contributed by atoms with Crippen molar-refractivity contribution in [3.05, 3.63) is 88.4 Å². The van der Waals surface area contributed by atoms with Crippen LogP contribution in [0, 0.1) is 11.6 Å². The van der Waals surface area contributed by atoms with Gasteiger partial charge in [-0.15, -0.1) is 0 Å². The maximum Gasteiger partial charge on any atom is 0.208 e. The van der Waals surface area contributed by atoms with Gasteiger partial charge in [-0.25, -0.2) is 13.8 Å². The summed E-state index contributed by atoms with van der Waals surface area (Å²) < 4.78 is 34.9. The molecule has 5 nitrogen and oxygen atoms in total. The minimum atomic E-state index is -0.940. The first-order valence-corrected chi connectivity index (χ1v) is 9.98. The Hall–Kier alpha value is -3.29. The van der Waals surface area contributed by atoms with Crippen LogP contribution in [0.5, 0.6) is 0 Å². The Labute approximate surface area is 184 Å². The fourth-order valence-corrected chi connectivity index (χ4v) is 3.81. The molecule has 0 atom stereocenters. The van der Waals surface area contributed by atoms with Gasteiger partial charge in [0.2, 0.25) is 12.3 Å². The van der Waals surface area contributed by atoms with Crippen LogP contribution in [-0.2, 0) is 6.54 Å². The van der Waals surface area contributed by atoms with E-state index in [1.807, 2.05) is 10.8 Å². The molecule has 0 aliphatic heterocycles. The topological polar surface area (TPSA) is 58.6 Å². The number of aromatic nitrogens is 4. The van der Waals surface area contributed by atoms with E-state index in [4.69, 9.17) is 27.7 Å². The van der Waals surface area contributed by atoms with Crippen molar-refractivity contribution in [1.29, 1.82) is 0 Å². The number of H-pyrrole nitrogens is 1. The highest BCUT2D eigenvalue weighted by Crippen LogP contribution is 2.30. The quantitative estimate of drug-likeness (QED) is 0.346. The minimum Gasteiger partial charge on any atom is -0.354 e. The molecule has 0 saturated carbocycles. The molecule has 5 rings (SSSR count). The number of hydrogen-bond donors (Lipinski definition) is 1. The molecule has 0 radical (unpaired) electrons. The second-order valence-corrected chi connectivity index (χ2v) is 7.75. The third-order valence-electron chi connectivity index (χ3n) is 4.79. The van der Waals surface area contributed by atoms with Crippen molar-refractivity contribution >= 4 is 34.2 Å². The third-order valence-corrected chi connectivity index (χ3v) is 5.34. The van der Waals surface area contributed by atoms with E-state index >= 15 is 0 Å². The zero-order chi connectivity index (χ0) is 21.5. The Morgan fingerprint density at radius 1 is 1.03 bits per heavy atom. The predicted octanol–water partition coefficient (Wildman–Crippen LogP) is 5.81. The maximum atomic E-state index is 14.1. The van der Waals surface area contributed by atoms with Crippen molar-refractivity contribution in [1.82, 2.24) is 15.1 Å². The predicted molar refractivity (Wildman–Crippen MR) is 113 cm³/mol. The molecule has 0 fully saturated rings. The number of pyridine rings is 1. The smallest absolute Gasteiger partial charge is 0.208 e. The average molecular weight is 458 g/mol. The molecule has 2 aromatic carbocycles. The lowest BCUT2D eigenvalue weighted by Gasteiger charge is -1.99. The van der Waals surface area contributed by atoms with Crippen molar-refractivity contribution in [2.24, 2.45) is 0 Å². The van der Waals surface area contributed by atoms with Gasteiger partial charge in [-0.05, 0) is 30.3 Å². The van der Waals surface area contributed by atoms with Crippen LogP contribution < -0.4 is 4.57 Å². The molecule has 9 heteroatoms. The van der Waals surface area contributed by atoms with Gasteiger partial charge >= 0.3 is 0 Å². The Bertz CT molecular complexity index is 1430. The van der Waals surface area contributed by atoms with Gasteiger partial charge in [-0.2, -0.15) is 4.57 Å². The molecule has 0 aliphatic carbocycles. The summed E-state index contributed by atoms with van der Waals surface area (Å²) in [5, 5.41) is 5.11. The molecule has 31 heavy (non-hydrogen) atoms. The Morgan fingerprint density at radius 2 is 1.90 bits per heavy atom.